The molecule has 2 N–H and O–H groups in total. The van der Waals surface area contributed by atoms with Crippen LogP contribution in [-0.4, -0.2) is 35.3 Å². The van der Waals surface area contributed by atoms with Crippen molar-refractivity contribution in [1.29, 1.82) is 0 Å². The van der Waals surface area contributed by atoms with E-state index in [0.717, 1.165) is 6.42 Å². The zero-order valence-corrected chi connectivity index (χ0v) is 8.57. The Labute approximate surface area is 79.1 Å². The van der Waals surface area contributed by atoms with E-state index in [0.29, 0.717) is 18.7 Å². The standard InChI is InChI=1S/C9H19NOS/c1-2-12-6-5-9(7-11)10-8-3-4-8/h8-11H,2-7H2,1H3. The van der Waals surface area contributed by atoms with Gasteiger partial charge in [-0.3, -0.25) is 0 Å². The van der Waals surface area contributed by atoms with Crippen LogP contribution >= 0.6 is 11.8 Å². The molecule has 0 heterocycles. The van der Waals surface area contributed by atoms with Gasteiger partial charge < -0.3 is 10.4 Å². The number of thioether (sulfide) groups is 1. The van der Waals surface area contributed by atoms with Crippen molar-refractivity contribution in [2.75, 3.05) is 18.1 Å². The van der Waals surface area contributed by atoms with Crippen LogP contribution in [0.3, 0.4) is 0 Å². The second kappa shape index (κ2) is 5.84. The van der Waals surface area contributed by atoms with Gasteiger partial charge in [0.25, 0.3) is 0 Å². The van der Waals surface area contributed by atoms with Crippen molar-refractivity contribution in [3.63, 3.8) is 0 Å². The summed E-state index contributed by atoms with van der Waals surface area (Å²) in [4.78, 5) is 0. The van der Waals surface area contributed by atoms with Crippen molar-refractivity contribution in [3.8, 4) is 0 Å². The summed E-state index contributed by atoms with van der Waals surface area (Å²) in [6.45, 7) is 2.47. The van der Waals surface area contributed by atoms with Crippen LogP contribution in [0.5, 0.6) is 0 Å². The number of aliphatic hydroxyl groups is 1. The van der Waals surface area contributed by atoms with Crippen molar-refractivity contribution in [2.24, 2.45) is 0 Å². The smallest absolute Gasteiger partial charge is 0.0585 e. The molecule has 0 aromatic rings. The van der Waals surface area contributed by atoms with Gasteiger partial charge in [0.1, 0.15) is 0 Å². The van der Waals surface area contributed by atoms with Crippen molar-refractivity contribution in [2.45, 2.75) is 38.3 Å². The molecule has 0 aromatic carbocycles. The highest BCUT2D eigenvalue weighted by Gasteiger charge is 2.23. The van der Waals surface area contributed by atoms with Gasteiger partial charge in [-0.2, -0.15) is 11.8 Å². The van der Waals surface area contributed by atoms with E-state index in [1.54, 1.807) is 0 Å². The third kappa shape index (κ3) is 4.33. The lowest BCUT2D eigenvalue weighted by Crippen LogP contribution is -2.34. The number of nitrogens with one attached hydrogen (secondary N) is 1. The maximum absolute atomic E-state index is 9.03. The maximum atomic E-state index is 9.03. The lowest BCUT2D eigenvalue weighted by atomic mass is 10.2. The average molecular weight is 189 g/mol. The molecule has 0 aromatic heterocycles. The molecule has 0 spiro atoms. The van der Waals surface area contributed by atoms with Crippen molar-refractivity contribution < 1.29 is 5.11 Å². The minimum absolute atomic E-state index is 0.292. The fourth-order valence-corrected chi connectivity index (χ4v) is 1.92. The largest absolute Gasteiger partial charge is 0.395 e. The summed E-state index contributed by atoms with van der Waals surface area (Å²) in [6, 6.07) is 1.06. The number of hydrogen-bond acceptors (Lipinski definition) is 3. The van der Waals surface area contributed by atoms with Crippen LogP contribution in [0.15, 0.2) is 0 Å². The molecule has 0 saturated heterocycles. The molecule has 2 nitrogen and oxygen atoms in total. The molecule has 3 heteroatoms. The summed E-state index contributed by atoms with van der Waals surface area (Å²) in [6.07, 6.45) is 3.71. The van der Waals surface area contributed by atoms with Crippen LogP contribution in [0.25, 0.3) is 0 Å². The van der Waals surface area contributed by atoms with E-state index in [1.165, 1.54) is 24.3 Å². The van der Waals surface area contributed by atoms with Crippen molar-refractivity contribution >= 4 is 11.8 Å². The van der Waals surface area contributed by atoms with Gasteiger partial charge in [0.15, 0.2) is 0 Å². The molecule has 1 aliphatic rings. The Morgan fingerprint density at radius 1 is 1.58 bits per heavy atom. The minimum Gasteiger partial charge on any atom is -0.395 e. The van der Waals surface area contributed by atoms with E-state index < -0.39 is 0 Å². The molecule has 1 saturated carbocycles. The molecule has 72 valence electrons. The predicted molar refractivity (Wildman–Crippen MR) is 54.6 cm³/mol. The van der Waals surface area contributed by atoms with Gasteiger partial charge in [-0.1, -0.05) is 6.92 Å². The van der Waals surface area contributed by atoms with Crippen LogP contribution < -0.4 is 5.32 Å². The van der Waals surface area contributed by atoms with E-state index in [-0.39, 0.29) is 0 Å². The number of rotatable bonds is 7. The van der Waals surface area contributed by atoms with E-state index in [4.69, 9.17) is 5.11 Å². The molecule has 1 atom stereocenters. The van der Waals surface area contributed by atoms with Crippen LogP contribution in [0.4, 0.5) is 0 Å². The van der Waals surface area contributed by atoms with Crippen LogP contribution in [0.2, 0.25) is 0 Å². The molecular weight excluding hydrogens is 170 g/mol. The molecule has 1 unspecified atom stereocenters. The summed E-state index contributed by atoms with van der Waals surface area (Å²) in [5, 5.41) is 12.5. The summed E-state index contributed by atoms with van der Waals surface area (Å²) >= 11 is 1.95. The second-order valence-corrected chi connectivity index (χ2v) is 4.70. The number of aliphatic hydroxyl groups excluding tert-OH is 1. The molecule has 0 radical (unpaired) electrons. The Kier molecular flexibility index (Phi) is 5.04. The lowest BCUT2D eigenvalue weighted by molar-refractivity contribution is 0.239. The van der Waals surface area contributed by atoms with Crippen LogP contribution in [0, 0.1) is 0 Å². The van der Waals surface area contributed by atoms with Gasteiger partial charge in [0, 0.05) is 12.1 Å². The second-order valence-electron chi connectivity index (χ2n) is 3.31. The Bertz CT molecular complexity index is 117. The molecule has 0 amide bonds. The Morgan fingerprint density at radius 3 is 2.83 bits per heavy atom. The molecule has 12 heavy (non-hydrogen) atoms. The maximum Gasteiger partial charge on any atom is 0.0585 e. The van der Waals surface area contributed by atoms with Gasteiger partial charge in [0.2, 0.25) is 0 Å². The highest BCUT2D eigenvalue weighted by atomic mass is 32.2. The summed E-state index contributed by atoms with van der Waals surface area (Å²) < 4.78 is 0. The number of hydrogen-bond donors (Lipinski definition) is 2. The summed E-state index contributed by atoms with van der Waals surface area (Å²) in [7, 11) is 0. The first-order valence-corrected chi connectivity index (χ1v) is 5.97. The fraction of sp³-hybridized carbons (Fsp3) is 1.00. The molecular formula is C9H19NOS. The van der Waals surface area contributed by atoms with E-state index in [2.05, 4.69) is 12.2 Å². The average Bonchev–Trinajstić information content (AvgIpc) is 2.87. The van der Waals surface area contributed by atoms with Gasteiger partial charge in [0.05, 0.1) is 6.61 Å². The van der Waals surface area contributed by atoms with E-state index in [1.807, 2.05) is 11.8 Å². The highest BCUT2D eigenvalue weighted by Crippen LogP contribution is 2.20. The normalized spacial score (nSPS) is 19.5. The van der Waals surface area contributed by atoms with E-state index >= 15 is 0 Å². The van der Waals surface area contributed by atoms with E-state index in [9.17, 15) is 0 Å². The Hall–Kier alpha value is 0.270. The first kappa shape index (κ1) is 10.4. The molecule has 1 rings (SSSR count). The SMILES string of the molecule is CCSCCC(CO)NC1CC1. The monoisotopic (exact) mass is 189 g/mol. The molecule has 1 fully saturated rings. The summed E-state index contributed by atoms with van der Waals surface area (Å²) in [5.74, 6) is 2.35. The minimum atomic E-state index is 0.292. The molecule has 1 aliphatic carbocycles. The Morgan fingerprint density at radius 2 is 2.33 bits per heavy atom. The first-order chi connectivity index (χ1) is 5.86. The predicted octanol–water partition coefficient (Wildman–Crippen LogP) is 1.24. The summed E-state index contributed by atoms with van der Waals surface area (Å²) in [5.41, 5.74) is 0. The van der Waals surface area contributed by atoms with Crippen molar-refractivity contribution in [1.82, 2.24) is 5.32 Å². The quantitative estimate of drug-likeness (QED) is 0.591. The van der Waals surface area contributed by atoms with Gasteiger partial charge in [-0.05, 0) is 30.8 Å². The molecule has 0 bridgehead atoms. The van der Waals surface area contributed by atoms with Crippen LogP contribution in [-0.2, 0) is 0 Å². The zero-order valence-electron chi connectivity index (χ0n) is 7.75. The first-order valence-electron chi connectivity index (χ1n) is 4.81. The third-order valence-electron chi connectivity index (χ3n) is 2.08. The fourth-order valence-electron chi connectivity index (χ4n) is 1.18. The van der Waals surface area contributed by atoms with Gasteiger partial charge >= 0.3 is 0 Å². The highest BCUT2D eigenvalue weighted by molar-refractivity contribution is 7.99. The molecule has 0 aliphatic heterocycles. The topological polar surface area (TPSA) is 32.3 Å². The van der Waals surface area contributed by atoms with Gasteiger partial charge in [-0.25, -0.2) is 0 Å². The van der Waals surface area contributed by atoms with Gasteiger partial charge in [-0.15, -0.1) is 0 Å². The lowest BCUT2D eigenvalue weighted by Gasteiger charge is -2.14. The Balaban J connectivity index is 1.98. The van der Waals surface area contributed by atoms with Crippen LogP contribution in [0.1, 0.15) is 26.2 Å². The van der Waals surface area contributed by atoms with Crippen molar-refractivity contribution in [3.05, 3.63) is 0 Å². The third-order valence-corrected chi connectivity index (χ3v) is 3.02. The zero-order chi connectivity index (χ0) is 8.81.